The number of rotatable bonds is 6. The van der Waals surface area contributed by atoms with Crippen molar-refractivity contribution in [1.82, 2.24) is 19.7 Å². The maximum atomic E-state index is 14.5. The second-order valence-corrected chi connectivity index (χ2v) is 10.3. The lowest BCUT2D eigenvalue weighted by atomic mass is 9.74. The number of benzene rings is 1. The summed E-state index contributed by atoms with van der Waals surface area (Å²) in [6, 6.07) is 6.99. The van der Waals surface area contributed by atoms with E-state index in [1.165, 1.54) is 20.3 Å². The molecule has 0 amide bonds. The molecule has 0 unspecified atom stereocenters. The molecule has 6 rings (SSSR count). The van der Waals surface area contributed by atoms with E-state index in [4.69, 9.17) is 19.2 Å². The summed E-state index contributed by atoms with van der Waals surface area (Å²) in [4.78, 5) is 17.1. The number of carboxylic acids is 1. The summed E-state index contributed by atoms with van der Waals surface area (Å²) < 4.78 is 33.2. The number of halogens is 1. The predicted octanol–water partition coefficient (Wildman–Crippen LogP) is 5.07. The van der Waals surface area contributed by atoms with Gasteiger partial charge in [0, 0.05) is 54.6 Å². The molecule has 3 aromatic heterocycles. The fourth-order valence-corrected chi connectivity index (χ4v) is 6.33. The normalized spacial score (nSPS) is 22.8. The van der Waals surface area contributed by atoms with Crippen molar-refractivity contribution in [2.75, 3.05) is 27.4 Å². The highest BCUT2D eigenvalue weighted by Crippen LogP contribution is 2.48. The monoisotopic (exact) mass is 522 g/mol. The zero-order valence-corrected chi connectivity index (χ0v) is 21.5. The van der Waals surface area contributed by atoms with E-state index < -0.39 is 17.4 Å². The number of H-pyrrole nitrogens is 1. The minimum absolute atomic E-state index is 0.0921. The number of hydrogen-bond donors (Lipinski definition) is 2. The number of aromatic nitrogens is 4. The largest absolute Gasteiger partial charge is 0.494 e. The van der Waals surface area contributed by atoms with Crippen molar-refractivity contribution in [2.24, 2.45) is 0 Å². The first-order valence-corrected chi connectivity index (χ1v) is 13.0. The highest BCUT2D eigenvalue weighted by atomic mass is 19.1. The van der Waals surface area contributed by atoms with Gasteiger partial charge in [0.05, 0.1) is 24.3 Å². The number of carboxylic acid groups (broad SMARTS) is 1. The minimum atomic E-state index is -1.16. The Morgan fingerprint density at radius 1 is 1.16 bits per heavy atom. The van der Waals surface area contributed by atoms with Crippen molar-refractivity contribution >= 4 is 28.0 Å². The van der Waals surface area contributed by atoms with Crippen LogP contribution in [0.3, 0.4) is 0 Å². The van der Waals surface area contributed by atoms with Gasteiger partial charge in [-0.1, -0.05) is 0 Å². The second kappa shape index (κ2) is 9.67. The van der Waals surface area contributed by atoms with Gasteiger partial charge in [0.1, 0.15) is 0 Å². The van der Waals surface area contributed by atoms with Gasteiger partial charge in [-0.2, -0.15) is 5.10 Å². The van der Waals surface area contributed by atoms with Crippen LogP contribution in [-0.2, 0) is 14.3 Å². The third-order valence-electron chi connectivity index (χ3n) is 8.40. The molecule has 1 saturated carbocycles. The lowest BCUT2D eigenvalue weighted by molar-refractivity contribution is -0.166. The third-order valence-corrected chi connectivity index (χ3v) is 8.40. The Morgan fingerprint density at radius 3 is 2.61 bits per heavy atom. The Labute approximate surface area is 218 Å². The molecule has 1 aromatic carbocycles. The zero-order valence-electron chi connectivity index (χ0n) is 21.5. The van der Waals surface area contributed by atoms with E-state index in [0.717, 1.165) is 46.2 Å². The Hall–Kier alpha value is -3.50. The van der Waals surface area contributed by atoms with Crippen LogP contribution < -0.4 is 4.74 Å². The average Bonchev–Trinajstić information content (AvgIpc) is 3.54. The summed E-state index contributed by atoms with van der Waals surface area (Å²) in [5.41, 5.74) is 4.35. The van der Waals surface area contributed by atoms with Crippen molar-refractivity contribution in [3.8, 4) is 11.4 Å². The molecular weight excluding hydrogens is 491 g/mol. The number of aliphatic carboxylic acids is 1. The molecule has 10 heteroatoms. The molecule has 0 atom stereocenters. The summed E-state index contributed by atoms with van der Waals surface area (Å²) in [6.07, 6.45) is 5.60. The fourth-order valence-electron chi connectivity index (χ4n) is 6.33. The maximum Gasteiger partial charge on any atom is 0.335 e. The lowest BCUT2D eigenvalue weighted by Crippen LogP contribution is -2.43. The first kappa shape index (κ1) is 24.8. The molecule has 200 valence electrons. The van der Waals surface area contributed by atoms with E-state index in [2.05, 4.69) is 20.8 Å². The Bertz CT molecular complexity index is 1500. The Morgan fingerprint density at radius 2 is 1.92 bits per heavy atom. The van der Waals surface area contributed by atoms with Crippen LogP contribution in [-0.4, -0.2) is 63.9 Å². The number of hydrogen-bond acceptors (Lipinski definition) is 6. The molecule has 4 heterocycles. The smallest absolute Gasteiger partial charge is 0.335 e. The lowest BCUT2D eigenvalue weighted by Gasteiger charge is -2.36. The second-order valence-electron chi connectivity index (χ2n) is 10.3. The van der Waals surface area contributed by atoms with Gasteiger partial charge in [-0.25, -0.2) is 14.2 Å². The number of pyridine rings is 1. The Kier molecular flexibility index (Phi) is 6.31. The first-order valence-electron chi connectivity index (χ1n) is 13.0. The molecule has 38 heavy (non-hydrogen) atoms. The van der Waals surface area contributed by atoms with Crippen LogP contribution in [0, 0.1) is 5.82 Å². The van der Waals surface area contributed by atoms with Crippen LogP contribution in [0.5, 0.6) is 5.75 Å². The molecule has 2 aliphatic rings. The van der Waals surface area contributed by atoms with Crippen molar-refractivity contribution in [3.05, 3.63) is 47.5 Å². The van der Waals surface area contributed by atoms with Gasteiger partial charge in [-0.15, -0.1) is 0 Å². The Balaban J connectivity index is 1.60. The molecule has 1 aliphatic heterocycles. The number of nitrogens with one attached hydrogen (secondary N) is 1. The number of methoxy groups -OCH3 is 2. The number of nitrogens with zero attached hydrogens (tertiary/aromatic N) is 3. The maximum absolute atomic E-state index is 14.5. The standard InChI is InChI=1S/C28H31FN4O5/c1-36-22-14-19(3-4-20(22)29)33-21-13-18-15-30-32-26(18)31-24(21)23(25(33)17-7-11-38-12-8-17)16-5-9-28(37-2,10-6-16)27(34)35/h3-4,13-17H,5-12H2,1-2H3,(H,34,35)(H,30,31,32)/t16-,28+. The molecule has 9 nitrogen and oxygen atoms in total. The van der Waals surface area contributed by atoms with Gasteiger partial charge >= 0.3 is 5.97 Å². The van der Waals surface area contributed by atoms with Gasteiger partial charge < -0.3 is 23.9 Å². The van der Waals surface area contributed by atoms with Gasteiger partial charge in [0.25, 0.3) is 0 Å². The van der Waals surface area contributed by atoms with Crippen LogP contribution in [0.4, 0.5) is 4.39 Å². The SMILES string of the molecule is COc1cc(-n2c(C3CCOCC3)c([C@H]3CC[C@](OC)(C(=O)O)CC3)c3nc4[nH]ncc4cc32)ccc1F. The molecule has 0 bridgehead atoms. The van der Waals surface area contributed by atoms with E-state index in [1.54, 1.807) is 18.3 Å². The average molecular weight is 523 g/mol. The van der Waals surface area contributed by atoms with Crippen molar-refractivity contribution in [2.45, 2.75) is 56.0 Å². The van der Waals surface area contributed by atoms with E-state index in [9.17, 15) is 14.3 Å². The number of carbonyl (C=O) groups is 1. The number of fused-ring (bicyclic) bond motifs is 2. The fraction of sp³-hybridized carbons (Fsp3) is 0.464. The third kappa shape index (κ3) is 3.94. The predicted molar refractivity (Wildman–Crippen MR) is 139 cm³/mol. The molecule has 2 fully saturated rings. The first-order chi connectivity index (χ1) is 18.5. The minimum Gasteiger partial charge on any atom is -0.494 e. The van der Waals surface area contributed by atoms with E-state index in [-0.39, 0.29) is 17.6 Å². The van der Waals surface area contributed by atoms with Crippen molar-refractivity contribution < 1.29 is 28.5 Å². The molecule has 1 aliphatic carbocycles. The van der Waals surface area contributed by atoms with Crippen molar-refractivity contribution in [1.29, 1.82) is 0 Å². The van der Waals surface area contributed by atoms with Gasteiger partial charge in [0.2, 0.25) is 0 Å². The molecule has 2 N–H and O–H groups in total. The van der Waals surface area contributed by atoms with Gasteiger partial charge in [-0.3, -0.25) is 5.10 Å². The summed E-state index contributed by atoms with van der Waals surface area (Å²) in [5, 5.41) is 17.9. The topological polar surface area (TPSA) is 111 Å². The highest BCUT2D eigenvalue weighted by Gasteiger charge is 2.44. The molecular formula is C28H31FN4O5. The number of aromatic amines is 1. The van der Waals surface area contributed by atoms with Crippen LogP contribution in [0.25, 0.3) is 27.8 Å². The summed E-state index contributed by atoms with van der Waals surface area (Å²) in [5.74, 6) is -0.873. The van der Waals surface area contributed by atoms with Crippen molar-refractivity contribution in [3.63, 3.8) is 0 Å². The molecule has 0 radical (unpaired) electrons. The van der Waals surface area contributed by atoms with Crippen LogP contribution in [0.15, 0.2) is 30.5 Å². The van der Waals surface area contributed by atoms with Crippen LogP contribution >= 0.6 is 0 Å². The summed E-state index contributed by atoms with van der Waals surface area (Å²) in [7, 11) is 2.94. The highest BCUT2D eigenvalue weighted by molar-refractivity contribution is 5.94. The number of ether oxygens (including phenoxy) is 3. The van der Waals surface area contributed by atoms with E-state index >= 15 is 0 Å². The molecule has 0 spiro atoms. The molecule has 1 saturated heterocycles. The van der Waals surface area contributed by atoms with Gasteiger partial charge in [-0.05, 0) is 62.6 Å². The molecule has 4 aromatic rings. The summed E-state index contributed by atoms with van der Waals surface area (Å²) >= 11 is 0. The van der Waals surface area contributed by atoms with Crippen LogP contribution in [0.2, 0.25) is 0 Å². The van der Waals surface area contributed by atoms with E-state index in [0.29, 0.717) is 44.5 Å². The summed E-state index contributed by atoms with van der Waals surface area (Å²) in [6.45, 7) is 1.32. The zero-order chi connectivity index (χ0) is 26.4. The van der Waals surface area contributed by atoms with E-state index in [1.807, 2.05) is 0 Å². The van der Waals surface area contributed by atoms with Gasteiger partial charge in [0.15, 0.2) is 22.8 Å². The van der Waals surface area contributed by atoms with Crippen LogP contribution in [0.1, 0.15) is 61.6 Å². The quantitative estimate of drug-likeness (QED) is 0.364.